The number of likely N-dealkylation sites (tertiary alicyclic amines) is 1. The molecule has 2 aliphatic heterocycles. The zero-order chi connectivity index (χ0) is 16.1. The van der Waals surface area contributed by atoms with Crippen molar-refractivity contribution in [2.75, 3.05) is 37.3 Å². The number of thioether (sulfide) groups is 1. The second-order valence-electron chi connectivity index (χ2n) is 6.24. The number of aromatic nitrogens is 2. The minimum absolute atomic E-state index is 0.214. The van der Waals surface area contributed by atoms with Crippen LogP contribution in [0.2, 0.25) is 0 Å². The normalized spacial score (nSPS) is 22.5. The molecule has 0 bridgehead atoms. The number of anilines is 1. The zero-order valence-electron chi connectivity index (χ0n) is 13.5. The summed E-state index contributed by atoms with van der Waals surface area (Å²) < 4.78 is 6.42. The summed E-state index contributed by atoms with van der Waals surface area (Å²) in [6.45, 7) is 5.68. The molecular weight excluding hydrogens is 332 g/mol. The number of hydrogen-bond donors (Lipinski definition) is 1. The molecule has 0 saturated carbocycles. The number of ether oxygens (including phenoxy) is 1. The number of amides is 1. The highest BCUT2D eigenvalue weighted by Crippen LogP contribution is 2.26. The minimum atomic E-state index is 0.214. The lowest BCUT2D eigenvalue weighted by atomic mass is 9.99. The van der Waals surface area contributed by atoms with Gasteiger partial charge >= 0.3 is 0 Å². The van der Waals surface area contributed by atoms with Crippen LogP contribution in [0, 0.1) is 5.92 Å². The van der Waals surface area contributed by atoms with E-state index >= 15 is 0 Å². The summed E-state index contributed by atoms with van der Waals surface area (Å²) in [6.07, 6.45) is 4.77. The average Bonchev–Trinajstić information content (AvgIpc) is 3.23. The van der Waals surface area contributed by atoms with Crippen molar-refractivity contribution in [3.8, 4) is 0 Å². The van der Waals surface area contributed by atoms with Crippen molar-refractivity contribution >= 4 is 34.1 Å². The van der Waals surface area contributed by atoms with Crippen LogP contribution in [0.25, 0.3) is 0 Å². The molecule has 0 aliphatic carbocycles. The van der Waals surface area contributed by atoms with Crippen molar-refractivity contribution in [2.45, 2.75) is 43.1 Å². The lowest BCUT2D eigenvalue weighted by Crippen LogP contribution is -2.38. The van der Waals surface area contributed by atoms with Gasteiger partial charge in [-0.15, -0.1) is 10.2 Å². The summed E-state index contributed by atoms with van der Waals surface area (Å²) in [5.74, 6) is 1.41. The van der Waals surface area contributed by atoms with Crippen molar-refractivity contribution in [2.24, 2.45) is 5.92 Å². The number of carbonyl (C=O) groups is 1. The molecule has 128 valence electrons. The maximum absolute atomic E-state index is 12.2. The highest BCUT2D eigenvalue weighted by molar-refractivity contribution is 8.01. The molecule has 2 saturated heterocycles. The third-order valence-electron chi connectivity index (χ3n) is 4.37. The maximum atomic E-state index is 12.2. The van der Waals surface area contributed by atoms with Gasteiger partial charge in [-0.05, 0) is 31.6 Å². The van der Waals surface area contributed by atoms with Crippen LogP contribution in [0.1, 0.15) is 32.6 Å². The van der Waals surface area contributed by atoms with Crippen molar-refractivity contribution in [3.63, 3.8) is 0 Å². The molecule has 2 fully saturated rings. The fraction of sp³-hybridized carbons (Fsp3) is 0.800. The fourth-order valence-corrected chi connectivity index (χ4v) is 4.48. The van der Waals surface area contributed by atoms with Gasteiger partial charge < -0.3 is 15.0 Å². The Hall–Kier alpha value is -0.860. The van der Waals surface area contributed by atoms with E-state index in [-0.39, 0.29) is 12.0 Å². The SMILES string of the molecule is CC1CCN(C(=O)CSc2nnc(NCC3CCCO3)s2)CC1. The van der Waals surface area contributed by atoms with Crippen LogP contribution in [0.15, 0.2) is 4.34 Å². The molecular formula is C15H24N4O2S2. The molecule has 1 N–H and O–H groups in total. The predicted octanol–water partition coefficient (Wildman–Crippen LogP) is 2.48. The van der Waals surface area contributed by atoms with E-state index in [1.165, 1.54) is 23.1 Å². The van der Waals surface area contributed by atoms with E-state index < -0.39 is 0 Å². The molecule has 6 nitrogen and oxygen atoms in total. The summed E-state index contributed by atoms with van der Waals surface area (Å²) in [5.41, 5.74) is 0. The van der Waals surface area contributed by atoms with Gasteiger partial charge in [0.2, 0.25) is 11.0 Å². The van der Waals surface area contributed by atoms with Crippen molar-refractivity contribution < 1.29 is 9.53 Å². The van der Waals surface area contributed by atoms with Crippen LogP contribution in [0.5, 0.6) is 0 Å². The second kappa shape index (κ2) is 8.30. The molecule has 1 aromatic heterocycles. The molecule has 0 radical (unpaired) electrons. The van der Waals surface area contributed by atoms with Crippen LogP contribution < -0.4 is 5.32 Å². The Balaban J connectivity index is 1.39. The number of piperidine rings is 1. The average molecular weight is 357 g/mol. The van der Waals surface area contributed by atoms with Crippen LogP contribution in [0.4, 0.5) is 5.13 Å². The van der Waals surface area contributed by atoms with E-state index in [0.717, 1.165) is 67.3 Å². The Morgan fingerprint density at radius 3 is 2.96 bits per heavy atom. The fourth-order valence-electron chi connectivity index (χ4n) is 2.82. The van der Waals surface area contributed by atoms with Gasteiger partial charge in [0, 0.05) is 26.2 Å². The first kappa shape index (κ1) is 17.0. The molecule has 1 atom stereocenters. The van der Waals surface area contributed by atoms with Gasteiger partial charge in [-0.2, -0.15) is 0 Å². The van der Waals surface area contributed by atoms with E-state index in [1.807, 2.05) is 4.90 Å². The standard InChI is InChI=1S/C15H24N4O2S2/c1-11-4-6-19(7-5-11)13(20)10-22-15-18-17-14(23-15)16-9-12-3-2-8-21-12/h11-12H,2-10H2,1H3,(H,16,17). The van der Waals surface area contributed by atoms with E-state index in [9.17, 15) is 4.79 Å². The Labute approximate surface area is 145 Å². The summed E-state index contributed by atoms with van der Waals surface area (Å²) in [5, 5.41) is 12.4. The van der Waals surface area contributed by atoms with E-state index in [2.05, 4.69) is 22.4 Å². The number of carbonyl (C=O) groups excluding carboxylic acids is 1. The Morgan fingerprint density at radius 2 is 2.22 bits per heavy atom. The molecule has 3 rings (SSSR count). The number of rotatable bonds is 6. The monoisotopic (exact) mass is 356 g/mol. The van der Waals surface area contributed by atoms with Gasteiger partial charge in [0.05, 0.1) is 11.9 Å². The van der Waals surface area contributed by atoms with Gasteiger partial charge in [-0.25, -0.2) is 0 Å². The quantitative estimate of drug-likeness (QED) is 0.790. The van der Waals surface area contributed by atoms with Crippen LogP contribution in [0.3, 0.4) is 0 Å². The summed E-state index contributed by atoms with van der Waals surface area (Å²) >= 11 is 2.99. The largest absolute Gasteiger partial charge is 0.376 e. The second-order valence-corrected chi connectivity index (χ2v) is 8.44. The van der Waals surface area contributed by atoms with Crippen LogP contribution in [-0.2, 0) is 9.53 Å². The lowest BCUT2D eigenvalue weighted by Gasteiger charge is -2.30. The summed E-state index contributed by atoms with van der Waals surface area (Å²) in [6, 6.07) is 0. The molecule has 1 aromatic rings. The predicted molar refractivity (Wildman–Crippen MR) is 93.1 cm³/mol. The molecule has 2 aliphatic rings. The van der Waals surface area contributed by atoms with Crippen LogP contribution in [-0.4, -0.2) is 59.1 Å². The number of nitrogens with one attached hydrogen (secondary N) is 1. The van der Waals surface area contributed by atoms with E-state index in [1.54, 1.807) is 0 Å². The third kappa shape index (κ3) is 5.06. The molecule has 8 heteroatoms. The smallest absolute Gasteiger partial charge is 0.233 e. The van der Waals surface area contributed by atoms with Gasteiger partial charge in [-0.3, -0.25) is 4.79 Å². The number of nitrogens with zero attached hydrogens (tertiary/aromatic N) is 3. The summed E-state index contributed by atoms with van der Waals surface area (Å²) in [7, 11) is 0. The molecule has 23 heavy (non-hydrogen) atoms. The highest BCUT2D eigenvalue weighted by Gasteiger charge is 2.21. The highest BCUT2D eigenvalue weighted by atomic mass is 32.2. The Morgan fingerprint density at radius 1 is 1.39 bits per heavy atom. The van der Waals surface area contributed by atoms with Crippen LogP contribution >= 0.6 is 23.1 Å². The molecule has 0 aromatic carbocycles. The topological polar surface area (TPSA) is 67.4 Å². The Kier molecular flexibility index (Phi) is 6.13. The van der Waals surface area contributed by atoms with Crippen molar-refractivity contribution in [1.29, 1.82) is 0 Å². The first-order chi connectivity index (χ1) is 11.2. The maximum Gasteiger partial charge on any atom is 0.233 e. The Bertz CT molecular complexity index is 511. The third-order valence-corrected chi connectivity index (χ3v) is 6.37. The van der Waals surface area contributed by atoms with Crippen molar-refractivity contribution in [3.05, 3.63) is 0 Å². The minimum Gasteiger partial charge on any atom is -0.376 e. The zero-order valence-corrected chi connectivity index (χ0v) is 15.1. The van der Waals surface area contributed by atoms with Gasteiger partial charge in [-0.1, -0.05) is 30.0 Å². The van der Waals surface area contributed by atoms with Gasteiger partial charge in [0.25, 0.3) is 0 Å². The lowest BCUT2D eigenvalue weighted by molar-refractivity contribution is -0.129. The molecule has 1 amide bonds. The van der Waals surface area contributed by atoms with Gasteiger partial charge in [0.1, 0.15) is 0 Å². The van der Waals surface area contributed by atoms with E-state index in [0.29, 0.717) is 5.75 Å². The van der Waals surface area contributed by atoms with Crippen molar-refractivity contribution in [1.82, 2.24) is 15.1 Å². The van der Waals surface area contributed by atoms with Gasteiger partial charge in [0.15, 0.2) is 4.34 Å². The first-order valence-corrected chi connectivity index (χ1v) is 10.1. The first-order valence-electron chi connectivity index (χ1n) is 8.30. The molecule has 3 heterocycles. The molecule has 1 unspecified atom stereocenters. The van der Waals surface area contributed by atoms with E-state index in [4.69, 9.17) is 4.74 Å². The summed E-state index contributed by atoms with van der Waals surface area (Å²) in [4.78, 5) is 14.2. The number of hydrogen-bond acceptors (Lipinski definition) is 7. The molecule has 0 spiro atoms.